The SMILES string of the molecule is CC[C@H](C)[C@@H]([C@@H](CC(=O)N1CCC[C@H]1[C@H](OC)[C@@H](C)C(=O)N[C@H](C)[C@@H](O)c1ccccc1)OC)N(C)C(=O)[C@@H](NC(=O)[C@H](C(C)C)N(C)C(=O)OCc1ccc(NC(=O)O[C@@H]2CCC[C@H]2SSI)cc1)C(C)C. The molecule has 0 bridgehead atoms. The summed E-state index contributed by atoms with van der Waals surface area (Å²) in [7, 11) is 9.57. The number of carbonyl (C=O) groups excluding carboxylic acids is 6. The van der Waals surface area contributed by atoms with Gasteiger partial charge in [0.15, 0.2) is 0 Å². The van der Waals surface area contributed by atoms with Gasteiger partial charge in [0.2, 0.25) is 23.6 Å². The van der Waals surface area contributed by atoms with Crippen molar-refractivity contribution in [3.63, 3.8) is 0 Å². The molecule has 0 spiro atoms. The number of likely N-dealkylation sites (tertiary alicyclic amines) is 1. The van der Waals surface area contributed by atoms with Crippen molar-refractivity contribution in [1.29, 1.82) is 0 Å². The second-order valence-electron chi connectivity index (χ2n) is 20.2. The van der Waals surface area contributed by atoms with Crippen LogP contribution in [0.15, 0.2) is 54.6 Å². The number of halogens is 1. The zero-order valence-corrected chi connectivity index (χ0v) is 48.5. The Kier molecular flexibility index (Phi) is 25.4. The molecule has 1 saturated heterocycles. The van der Waals surface area contributed by atoms with E-state index in [0.29, 0.717) is 42.6 Å². The van der Waals surface area contributed by atoms with Gasteiger partial charge in [-0.25, -0.2) is 9.59 Å². The van der Waals surface area contributed by atoms with Crippen molar-refractivity contribution in [3.05, 3.63) is 65.7 Å². The van der Waals surface area contributed by atoms with Gasteiger partial charge < -0.3 is 44.5 Å². The molecule has 1 aliphatic heterocycles. The molecule has 2 fully saturated rings. The zero-order chi connectivity index (χ0) is 54.1. The molecule has 408 valence electrons. The standard InChI is InChI=1S/C53H81IN6O11S2/c1-13-33(6)46(41(68-11)29-43(61)60-28-18-21-39(60)48(69-12)34(7)49(63)55-35(8)47(62)37-19-15-14-16-20-37)58(9)51(65)44(31(2)3)57-50(64)45(32(4)5)59(10)53(67)70-30-36-24-26-38(27-25-36)56-52(66)71-40-22-17-23-42(40)72-73-54/h14-16,19-20,24-27,31-35,39-42,44-48,62H,13,17-18,21-23,28-30H2,1-12H3,(H,55,63)(H,56,66)(H,57,64)/t33-,34+,35+,39-,40+,41+,42+,44-,45-,46-,47+,48+/m0/s1. The highest BCUT2D eigenvalue weighted by Crippen LogP contribution is 2.42. The number of amides is 6. The van der Waals surface area contributed by atoms with E-state index in [1.165, 1.54) is 26.2 Å². The Balaban J connectivity index is 1.39. The van der Waals surface area contributed by atoms with Crippen LogP contribution in [-0.4, -0.2) is 144 Å². The lowest BCUT2D eigenvalue weighted by molar-refractivity contribution is -0.148. The number of ether oxygens (including phenoxy) is 4. The van der Waals surface area contributed by atoms with Gasteiger partial charge in [0.25, 0.3) is 0 Å². The Bertz CT molecular complexity index is 2090. The van der Waals surface area contributed by atoms with E-state index in [9.17, 15) is 33.9 Å². The van der Waals surface area contributed by atoms with E-state index >= 15 is 0 Å². The number of likely N-dealkylation sites (N-methyl/N-ethyl adjacent to an activating group) is 2. The minimum atomic E-state index is -0.991. The first kappa shape index (κ1) is 61.7. The van der Waals surface area contributed by atoms with Crippen LogP contribution in [0.5, 0.6) is 0 Å². The summed E-state index contributed by atoms with van der Waals surface area (Å²) in [6.07, 6.45) is 1.15. The third kappa shape index (κ3) is 17.1. The van der Waals surface area contributed by atoms with Crippen molar-refractivity contribution in [2.45, 2.75) is 167 Å². The Morgan fingerprint density at radius 3 is 2.10 bits per heavy atom. The molecule has 4 N–H and O–H groups in total. The van der Waals surface area contributed by atoms with Crippen molar-refractivity contribution < 1.29 is 52.8 Å². The maximum atomic E-state index is 14.7. The first-order chi connectivity index (χ1) is 34.7. The number of methoxy groups -OCH3 is 2. The molecule has 2 aromatic rings. The summed E-state index contributed by atoms with van der Waals surface area (Å²) in [4.78, 5) is 87.6. The lowest BCUT2D eigenvalue weighted by Crippen LogP contribution is -2.60. The van der Waals surface area contributed by atoms with Gasteiger partial charge >= 0.3 is 12.2 Å². The van der Waals surface area contributed by atoms with Crippen LogP contribution in [0.1, 0.15) is 118 Å². The van der Waals surface area contributed by atoms with E-state index in [2.05, 4.69) is 37.2 Å². The largest absolute Gasteiger partial charge is 0.445 e. The minimum absolute atomic E-state index is 0.0495. The van der Waals surface area contributed by atoms with E-state index in [0.717, 1.165) is 19.3 Å². The van der Waals surface area contributed by atoms with Crippen LogP contribution in [0.4, 0.5) is 15.3 Å². The van der Waals surface area contributed by atoms with Gasteiger partial charge in [-0.05, 0) is 88.0 Å². The fourth-order valence-corrected chi connectivity index (χ4v) is 14.1. The van der Waals surface area contributed by atoms with Crippen LogP contribution in [-0.2, 0) is 44.7 Å². The van der Waals surface area contributed by atoms with Gasteiger partial charge in [-0.15, -0.1) is 0 Å². The van der Waals surface area contributed by atoms with Crippen molar-refractivity contribution >= 4 is 81.5 Å². The molecule has 1 saturated carbocycles. The number of aliphatic hydroxyl groups is 1. The first-order valence-corrected chi connectivity index (χ1v) is 30.3. The summed E-state index contributed by atoms with van der Waals surface area (Å²) in [5.74, 6) is -2.89. The van der Waals surface area contributed by atoms with Gasteiger partial charge in [0.1, 0.15) is 24.8 Å². The van der Waals surface area contributed by atoms with Crippen molar-refractivity contribution in [1.82, 2.24) is 25.3 Å². The number of nitrogens with zero attached hydrogens (tertiary/aromatic N) is 3. The van der Waals surface area contributed by atoms with Crippen molar-refractivity contribution in [2.75, 3.05) is 40.2 Å². The lowest BCUT2D eigenvalue weighted by atomic mass is 9.89. The highest BCUT2D eigenvalue weighted by atomic mass is 127. The van der Waals surface area contributed by atoms with E-state index in [4.69, 9.17) is 18.9 Å². The molecule has 1 heterocycles. The summed E-state index contributed by atoms with van der Waals surface area (Å²) >= 11 is 2.23. The Morgan fingerprint density at radius 2 is 1.51 bits per heavy atom. The smallest absolute Gasteiger partial charge is 0.411 e. The quantitative estimate of drug-likeness (QED) is 0.0514. The van der Waals surface area contributed by atoms with Crippen LogP contribution < -0.4 is 16.0 Å². The second kappa shape index (κ2) is 30.0. The summed E-state index contributed by atoms with van der Waals surface area (Å²) in [5, 5.41) is 19.9. The molecule has 2 aromatic carbocycles. The highest BCUT2D eigenvalue weighted by molar-refractivity contribution is 14.2. The van der Waals surface area contributed by atoms with Gasteiger partial charge in [-0.2, -0.15) is 0 Å². The summed E-state index contributed by atoms with van der Waals surface area (Å²) in [6, 6.07) is 12.5. The fraction of sp³-hybridized carbons (Fsp3) is 0.660. The third-order valence-electron chi connectivity index (χ3n) is 14.5. The Labute approximate surface area is 453 Å². The number of rotatable bonds is 26. The van der Waals surface area contributed by atoms with Crippen LogP contribution in [0.3, 0.4) is 0 Å². The zero-order valence-electron chi connectivity index (χ0n) is 44.7. The van der Waals surface area contributed by atoms with Gasteiger partial charge in [0, 0.05) is 61.8 Å². The molecule has 73 heavy (non-hydrogen) atoms. The molecule has 2 aliphatic rings. The lowest BCUT2D eigenvalue weighted by Gasteiger charge is -2.41. The predicted molar refractivity (Wildman–Crippen MR) is 296 cm³/mol. The van der Waals surface area contributed by atoms with Gasteiger partial charge in [-0.3, -0.25) is 29.4 Å². The van der Waals surface area contributed by atoms with E-state index in [-0.39, 0.29) is 59.9 Å². The van der Waals surface area contributed by atoms with E-state index in [1.54, 1.807) is 85.9 Å². The molecular formula is C53H81IN6O11S2. The monoisotopic (exact) mass is 1170 g/mol. The highest BCUT2D eigenvalue weighted by Gasteiger charge is 2.44. The average Bonchev–Trinajstić information content (AvgIpc) is 4.04. The molecule has 17 nitrogen and oxygen atoms in total. The van der Waals surface area contributed by atoms with Crippen LogP contribution >= 0.6 is 40.0 Å². The maximum absolute atomic E-state index is 14.7. The molecule has 20 heteroatoms. The average molecular weight is 1170 g/mol. The number of anilines is 1. The van der Waals surface area contributed by atoms with Crippen LogP contribution in [0, 0.1) is 23.7 Å². The van der Waals surface area contributed by atoms with Crippen molar-refractivity contribution in [3.8, 4) is 0 Å². The van der Waals surface area contributed by atoms with E-state index < -0.39 is 72.5 Å². The second-order valence-corrected chi connectivity index (χ2v) is 25.3. The molecule has 0 unspecified atom stereocenters. The topological polar surface area (TPSA) is 205 Å². The molecule has 0 radical (unpaired) electrons. The van der Waals surface area contributed by atoms with Crippen molar-refractivity contribution in [2.24, 2.45) is 23.7 Å². The maximum Gasteiger partial charge on any atom is 0.411 e. The molecule has 12 atom stereocenters. The van der Waals surface area contributed by atoms with Gasteiger partial charge in [0.05, 0.1) is 54.0 Å². The normalized spacial score (nSPS) is 20.4. The number of hydrogen-bond donors (Lipinski definition) is 4. The third-order valence-corrected chi connectivity index (χ3v) is 18.1. The predicted octanol–water partition coefficient (Wildman–Crippen LogP) is 8.78. The van der Waals surface area contributed by atoms with E-state index in [1.807, 2.05) is 59.7 Å². The number of nitrogens with one attached hydrogen (secondary N) is 3. The fourth-order valence-electron chi connectivity index (χ4n) is 10.1. The molecular weight excluding hydrogens is 1090 g/mol. The summed E-state index contributed by atoms with van der Waals surface area (Å²) in [5.41, 5.74) is 1.89. The van der Waals surface area contributed by atoms with Gasteiger partial charge in [-0.1, -0.05) is 108 Å². The van der Waals surface area contributed by atoms with Crippen LogP contribution in [0.2, 0.25) is 0 Å². The number of carbonyl (C=O) groups is 6. The molecule has 1 aliphatic carbocycles. The molecule has 0 aromatic heterocycles. The minimum Gasteiger partial charge on any atom is -0.445 e. The molecule has 4 rings (SSSR count). The van der Waals surface area contributed by atoms with Crippen LogP contribution in [0.25, 0.3) is 0 Å². The molecule has 6 amide bonds. The summed E-state index contributed by atoms with van der Waals surface area (Å²) < 4.78 is 23.4. The summed E-state index contributed by atoms with van der Waals surface area (Å²) in [6.45, 7) is 15.2. The number of aliphatic hydroxyl groups excluding tert-OH is 1. The Morgan fingerprint density at radius 1 is 0.836 bits per heavy atom. The Hall–Kier alpha value is -3.83. The number of hydrogen-bond acceptors (Lipinski definition) is 13. The number of benzene rings is 2. The first-order valence-electron chi connectivity index (χ1n) is 25.5.